The molecule has 0 bridgehead atoms. The Kier molecular flexibility index (Phi) is 2.33. The molecule has 4 nitrogen and oxygen atoms in total. The lowest BCUT2D eigenvalue weighted by Crippen LogP contribution is -2.08. The quantitative estimate of drug-likeness (QED) is 0.701. The van der Waals surface area contributed by atoms with Crippen LogP contribution in [0.1, 0.15) is 29.7 Å². The van der Waals surface area contributed by atoms with E-state index in [1.165, 1.54) is 0 Å². The van der Waals surface area contributed by atoms with Crippen molar-refractivity contribution in [3.05, 3.63) is 17.3 Å². The summed E-state index contributed by atoms with van der Waals surface area (Å²) in [5.74, 6) is 1.74. The topological polar surface area (TPSA) is 58.3 Å². The van der Waals surface area contributed by atoms with Gasteiger partial charge in [0.25, 0.3) is 0 Å². The van der Waals surface area contributed by atoms with Gasteiger partial charge in [0.1, 0.15) is 12.4 Å². The average molecular weight is 182 g/mol. The average Bonchev–Trinajstić information content (AvgIpc) is 2.72. The molecule has 0 radical (unpaired) electrons. The standard InChI is InChI=1S/C9H14N2O2/c1-6-9(7-2-3-10-4-7)11-8(5-12)13-6/h7,10,12H,2-5H2,1H3. The summed E-state index contributed by atoms with van der Waals surface area (Å²) in [4.78, 5) is 4.25. The van der Waals surface area contributed by atoms with Crippen molar-refractivity contribution >= 4 is 0 Å². The van der Waals surface area contributed by atoms with Gasteiger partial charge < -0.3 is 14.8 Å². The lowest BCUT2D eigenvalue weighted by Gasteiger charge is -2.03. The minimum Gasteiger partial charge on any atom is -0.443 e. The van der Waals surface area contributed by atoms with E-state index in [2.05, 4.69) is 10.3 Å². The Morgan fingerprint density at radius 2 is 2.54 bits per heavy atom. The second-order valence-electron chi connectivity index (χ2n) is 3.40. The third-order valence-corrected chi connectivity index (χ3v) is 2.46. The number of nitrogens with one attached hydrogen (secondary N) is 1. The minimum absolute atomic E-state index is 0.110. The maximum absolute atomic E-state index is 8.85. The lowest BCUT2D eigenvalue weighted by atomic mass is 10.0. The van der Waals surface area contributed by atoms with Crippen LogP contribution in [0.2, 0.25) is 0 Å². The van der Waals surface area contributed by atoms with Crippen LogP contribution in [-0.2, 0) is 6.61 Å². The van der Waals surface area contributed by atoms with E-state index in [9.17, 15) is 0 Å². The summed E-state index contributed by atoms with van der Waals surface area (Å²) in [7, 11) is 0. The van der Waals surface area contributed by atoms with Gasteiger partial charge in [0.2, 0.25) is 5.89 Å². The van der Waals surface area contributed by atoms with Crippen LogP contribution in [0, 0.1) is 6.92 Å². The zero-order valence-corrected chi connectivity index (χ0v) is 7.71. The van der Waals surface area contributed by atoms with Crippen molar-refractivity contribution < 1.29 is 9.52 Å². The van der Waals surface area contributed by atoms with Gasteiger partial charge in [-0.05, 0) is 19.9 Å². The summed E-state index contributed by atoms with van der Waals surface area (Å²) in [5, 5.41) is 12.1. The number of aromatic nitrogens is 1. The number of hydrogen-bond donors (Lipinski definition) is 2. The van der Waals surface area contributed by atoms with Crippen molar-refractivity contribution in [2.24, 2.45) is 0 Å². The first-order valence-corrected chi connectivity index (χ1v) is 4.59. The zero-order valence-electron chi connectivity index (χ0n) is 7.71. The van der Waals surface area contributed by atoms with E-state index in [1.54, 1.807) is 0 Å². The number of rotatable bonds is 2. The molecule has 1 saturated heterocycles. The predicted molar refractivity (Wildman–Crippen MR) is 47.4 cm³/mol. The normalized spacial score (nSPS) is 22.5. The van der Waals surface area contributed by atoms with Crippen molar-refractivity contribution in [2.75, 3.05) is 13.1 Å². The third-order valence-electron chi connectivity index (χ3n) is 2.46. The van der Waals surface area contributed by atoms with E-state index < -0.39 is 0 Å². The SMILES string of the molecule is Cc1oc(CO)nc1C1CCNC1. The predicted octanol–water partition coefficient (Wildman–Crippen LogP) is 0.552. The summed E-state index contributed by atoms with van der Waals surface area (Å²) in [5.41, 5.74) is 1.01. The number of aryl methyl sites for hydroxylation is 1. The smallest absolute Gasteiger partial charge is 0.220 e. The Balaban J connectivity index is 2.22. The van der Waals surface area contributed by atoms with Crippen LogP contribution in [0.15, 0.2) is 4.42 Å². The molecule has 0 amide bonds. The summed E-state index contributed by atoms with van der Waals surface area (Å²) in [6.45, 7) is 3.81. The maximum Gasteiger partial charge on any atom is 0.220 e. The van der Waals surface area contributed by atoms with Crippen LogP contribution in [0.5, 0.6) is 0 Å². The maximum atomic E-state index is 8.85. The number of nitrogens with zero attached hydrogens (tertiary/aromatic N) is 1. The Morgan fingerprint density at radius 1 is 1.69 bits per heavy atom. The van der Waals surface area contributed by atoms with Crippen molar-refractivity contribution in [1.29, 1.82) is 0 Å². The molecule has 1 aromatic rings. The first-order valence-electron chi connectivity index (χ1n) is 4.59. The van der Waals surface area contributed by atoms with Crippen molar-refractivity contribution in [3.63, 3.8) is 0 Å². The van der Waals surface area contributed by atoms with Gasteiger partial charge in [-0.2, -0.15) is 0 Å². The molecule has 1 aliphatic heterocycles. The highest BCUT2D eigenvalue weighted by molar-refractivity contribution is 5.15. The van der Waals surface area contributed by atoms with E-state index in [-0.39, 0.29) is 6.61 Å². The lowest BCUT2D eigenvalue weighted by molar-refractivity contribution is 0.238. The highest BCUT2D eigenvalue weighted by Gasteiger charge is 2.22. The van der Waals surface area contributed by atoms with Crippen molar-refractivity contribution in [1.82, 2.24) is 10.3 Å². The molecule has 2 heterocycles. The first kappa shape index (κ1) is 8.72. The van der Waals surface area contributed by atoms with Crippen LogP contribution in [0.3, 0.4) is 0 Å². The Hall–Kier alpha value is -0.870. The van der Waals surface area contributed by atoms with Crippen molar-refractivity contribution in [2.45, 2.75) is 25.9 Å². The molecule has 4 heteroatoms. The van der Waals surface area contributed by atoms with E-state index in [0.717, 1.165) is 31.0 Å². The fourth-order valence-corrected chi connectivity index (χ4v) is 1.80. The number of hydrogen-bond acceptors (Lipinski definition) is 4. The molecule has 2 N–H and O–H groups in total. The first-order chi connectivity index (χ1) is 6.31. The van der Waals surface area contributed by atoms with Gasteiger partial charge in [-0.1, -0.05) is 0 Å². The van der Waals surface area contributed by atoms with Crippen LogP contribution in [-0.4, -0.2) is 23.2 Å². The largest absolute Gasteiger partial charge is 0.443 e. The molecule has 1 unspecified atom stereocenters. The Bertz CT molecular complexity index is 290. The molecule has 1 atom stereocenters. The molecule has 13 heavy (non-hydrogen) atoms. The molecule has 2 rings (SSSR count). The van der Waals surface area contributed by atoms with Crippen molar-refractivity contribution in [3.8, 4) is 0 Å². The highest BCUT2D eigenvalue weighted by Crippen LogP contribution is 2.24. The van der Waals surface area contributed by atoms with Gasteiger partial charge in [-0.25, -0.2) is 4.98 Å². The Morgan fingerprint density at radius 3 is 3.08 bits per heavy atom. The molecule has 0 aromatic carbocycles. The molecular weight excluding hydrogens is 168 g/mol. The molecule has 1 fully saturated rings. The van der Waals surface area contributed by atoms with Gasteiger partial charge in [0.15, 0.2) is 0 Å². The summed E-state index contributed by atoms with van der Waals surface area (Å²) < 4.78 is 5.29. The van der Waals surface area contributed by atoms with E-state index >= 15 is 0 Å². The molecule has 0 aliphatic carbocycles. The molecular formula is C9H14N2O2. The molecule has 0 saturated carbocycles. The van der Waals surface area contributed by atoms with Gasteiger partial charge in [-0.3, -0.25) is 0 Å². The summed E-state index contributed by atoms with van der Waals surface area (Å²) >= 11 is 0. The number of aliphatic hydroxyl groups excluding tert-OH is 1. The second-order valence-corrected chi connectivity index (χ2v) is 3.40. The fraction of sp³-hybridized carbons (Fsp3) is 0.667. The molecule has 1 aliphatic rings. The zero-order chi connectivity index (χ0) is 9.26. The van der Waals surface area contributed by atoms with Crippen LogP contribution in [0.4, 0.5) is 0 Å². The van der Waals surface area contributed by atoms with Gasteiger partial charge in [0.05, 0.1) is 5.69 Å². The molecule has 72 valence electrons. The highest BCUT2D eigenvalue weighted by atomic mass is 16.4. The fourth-order valence-electron chi connectivity index (χ4n) is 1.80. The molecule has 0 spiro atoms. The van der Waals surface area contributed by atoms with E-state index in [1.807, 2.05) is 6.92 Å². The second kappa shape index (κ2) is 3.47. The van der Waals surface area contributed by atoms with E-state index in [0.29, 0.717) is 11.8 Å². The van der Waals surface area contributed by atoms with Crippen LogP contribution >= 0.6 is 0 Å². The number of aliphatic hydroxyl groups is 1. The summed E-state index contributed by atoms with van der Waals surface area (Å²) in [6.07, 6.45) is 1.11. The van der Waals surface area contributed by atoms with E-state index in [4.69, 9.17) is 9.52 Å². The Labute approximate surface area is 77.0 Å². The van der Waals surface area contributed by atoms with Crippen LogP contribution < -0.4 is 5.32 Å². The summed E-state index contributed by atoms with van der Waals surface area (Å²) in [6, 6.07) is 0. The monoisotopic (exact) mass is 182 g/mol. The van der Waals surface area contributed by atoms with Gasteiger partial charge in [-0.15, -0.1) is 0 Å². The number of oxazole rings is 1. The van der Waals surface area contributed by atoms with Gasteiger partial charge in [0, 0.05) is 12.5 Å². The minimum atomic E-state index is -0.110. The van der Waals surface area contributed by atoms with Crippen LogP contribution in [0.25, 0.3) is 0 Å². The molecule has 1 aromatic heterocycles. The van der Waals surface area contributed by atoms with Gasteiger partial charge >= 0.3 is 0 Å². The third kappa shape index (κ3) is 1.59.